The summed E-state index contributed by atoms with van der Waals surface area (Å²) >= 11 is 5.64. The van der Waals surface area contributed by atoms with Gasteiger partial charge in [-0.25, -0.2) is 4.39 Å². The van der Waals surface area contributed by atoms with E-state index in [9.17, 15) is 9.18 Å². The van der Waals surface area contributed by atoms with Gasteiger partial charge in [0.2, 0.25) is 0 Å². The summed E-state index contributed by atoms with van der Waals surface area (Å²) in [5.41, 5.74) is -0.103. The van der Waals surface area contributed by atoms with Gasteiger partial charge in [-0.3, -0.25) is 4.79 Å². The van der Waals surface area contributed by atoms with Gasteiger partial charge < -0.3 is 10.4 Å². The molecule has 0 aliphatic heterocycles. The van der Waals surface area contributed by atoms with Gasteiger partial charge in [0, 0.05) is 6.54 Å². The minimum atomic E-state index is -0.968. The van der Waals surface area contributed by atoms with Crippen molar-refractivity contribution in [1.82, 2.24) is 5.32 Å². The predicted octanol–water partition coefficient (Wildman–Crippen LogP) is 2.47. The summed E-state index contributed by atoms with van der Waals surface area (Å²) in [6, 6.07) is 4.49. The molecule has 0 saturated carbocycles. The second-order valence-electron chi connectivity index (χ2n) is 4.36. The number of carbonyl (C=O) groups is 1. The SMILES string of the molecule is CC(C)(NCCc1ccc(F)c(Cl)c1)C(=O)O. The van der Waals surface area contributed by atoms with Crippen LogP contribution in [-0.4, -0.2) is 23.2 Å². The molecule has 1 aromatic rings. The first-order chi connectivity index (χ1) is 7.83. The molecule has 0 heterocycles. The van der Waals surface area contributed by atoms with Crippen molar-refractivity contribution in [3.8, 4) is 0 Å². The zero-order valence-corrected chi connectivity index (χ0v) is 10.5. The summed E-state index contributed by atoms with van der Waals surface area (Å²) in [4.78, 5) is 10.8. The lowest BCUT2D eigenvalue weighted by molar-refractivity contribution is -0.143. The van der Waals surface area contributed by atoms with Crippen LogP contribution in [0.4, 0.5) is 4.39 Å². The standard InChI is InChI=1S/C12H15ClFNO2/c1-12(2,11(16)17)15-6-5-8-3-4-10(14)9(13)7-8/h3-4,7,15H,5-6H2,1-2H3,(H,16,17). The first-order valence-corrected chi connectivity index (χ1v) is 5.63. The molecule has 0 bridgehead atoms. The van der Waals surface area contributed by atoms with Gasteiger partial charge in [-0.05, 0) is 38.0 Å². The number of carboxylic acids is 1. The number of rotatable bonds is 5. The minimum absolute atomic E-state index is 0.0833. The van der Waals surface area contributed by atoms with Gasteiger partial charge in [-0.1, -0.05) is 17.7 Å². The van der Waals surface area contributed by atoms with Crippen molar-refractivity contribution in [2.75, 3.05) is 6.54 Å². The summed E-state index contributed by atoms with van der Waals surface area (Å²) in [5.74, 6) is -1.36. The van der Waals surface area contributed by atoms with E-state index in [0.717, 1.165) is 5.56 Å². The van der Waals surface area contributed by atoms with Crippen LogP contribution in [0.2, 0.25) is 5.02 Å². The van der Waals surface area contributed by atoms with Gasteiger partial charge in [0.05, 0.1) is 5.02 Å². The average molecular weight is 260 g/mol. The number of benzene rings is 1. The Balaban J connectivity index is 2.51. The number of hydrogen-bond donors (Lipinski definition) is 2. The topological polar surface area (TPSA) is 49.3 Å². The molecule has 3 nitrogen and oxygen atoms in total. The van der Waals surface area contributed by atoms with Crippen LogP contribution in [-0.2, 0) is 11.2 Å². The highest BCUT2D eigenvalue weighted by molar-refractivity contribution is 6.30. The Labute approximate surface area is 105 Å². The molecule has 1 aromatic carbocycles. The maximum Gasteiger partial charge on any atom is 0.323 e. The van der Waals surface area contributed by atoms with Crippen LogP contribution in [0, 0.1) is 5.82 Å². The average Bonchev–Trinajstić information content (AvgIpc) is 2.23. The van der Waals surface area contributed by atoms with Gasteiger partial charge in [0.1, 0.15) is 11.4 Å². The van der Waals surface area contributed by atoms with Crippen LogP contribution in [0.25, 0.3) is 0 Å². The zero-order valence-electron chi connectivity index (χ0n) is 9.76. The smallest absolute Gasteiger partial charge is 0.323 e. The van der Waals surface area contributed by atoms with E-state index in [1.807, 2.05) is 0 Å². The molecular formula is C12H15ClFNO2. The van der Waals surface area contributed by atoms with Gasteiger partial charge in [0.25, 0.3) is 0 Å². The molecule has 0 aliphatic rings. The second-order valence-corrected chi connectivity index (χ2v) is 4.76. The Morgan fingerprint density at radius 1 is 1.53 bits per heavy atom. The fourth-order valence-corrected chi connectivity index (χ4v) is 1.49. The highest BCUT2D eigenvalue weighted by Gasteiger charge is 2.25. The molecule has 0 radical (unpaired) electrons. The molecule has 0 unspecified atom stereocenters. The Morgan fingerprint density at radius 3 is 2.71 bits per heavy atom. The number of aliphatic carboxylic acids is 1. The Bertz CT molecular complexity index is 421. The quantitative estimate of drug-likeness (QED) is 0.854. The van der Waals surface area contributed by atoms with Gasteiger partial charge in [-0.2, -0.15) is 0 Å². The van der Waals surface area contributed by atoms with Crippen LogP contribution >= 0.6 is 11.6 Å². The number of halogens is 2. The van der Waals surface area contributed by atoms with Crippen LogP contribution < -0.4 is 5.32 Å². The molecule has 0 aromatic heterocycles. The Morgan fingerprint density at radius 2 is 2.18 bits per heavy atom. The Hall–Kier alpha value is -1.13. The van der Waals surface area contributed by atoms with Gasteiger partial charge in [0.15, 0.2) is 0 Å². The minimum Gasteiger partial charge on any atom is -0.480 e. The van der Waals surface area contributed by atoms with Crippen molar-refractivity contribution in [3.63, 3.8) is 0 Å². The van der Waals surface area contributed by atoms with E-state index in [4.69, 9.17) is 16.7 Å². The van der Waals surface area contributed by atoms with Crippen LogP contribution in [0.3, 0.4) is 0 Å². The van der Waals surface area contributed by atoms with Crippen LogP contribution in [0.15, 0.2) is 18.2 Å². The first kappa shape index (κ1) is 13.9. The molecule has 0 spiro atoms. The molecule has 17 heavy (non-hydrogen) atoms. The molecule has 0 aliphatic carbocycles. The van der Waals surface area contributed by atoms with E-state index in [2.05, 4.69) is 5.32 Å². The number of carboxylic acid groups (broad SMARTS) is 1. The van der Waals surface area contributed by atoms with Crippen LogP contribution in [0.1, 0.15) is 19.4 Å². The highest BCUT2D eigenvalue weighted by Crippen LogP contribution is 2.16. The third-order valence-electron chi connectivity index (χ3n) is 2.50. The summed E-state index contributed by atoms with van der Waals surface area (Å²) in [6.45, 7) is 3.67. The highest BCUT2D eigenvalue weighted by atomic mass is 35.5. The molecule has 0 amide bonds. The van der Waals surface area contributed by atoms with Gasteiger partial charge in [-0.15, -0.1) is 0 Å². The number of hydrogen-bond acceptors (Lipinski definition) is 2. The van der Waals surface area contributed by atoms with Crippen molar-refractivity contribution in [1.29, 1.82) is 0 Å². The maximum absolute atomic E-state index is 12.9. The normalized spacial score (nSPS) is 11.5. The lowest BCUT2D eigenvalue weighted by atomic mass is 10.1. The molecule has 0 fully saturated rings. The third-order valence-corrected chi connectivity index (χ3v) is 2.79. The fourth-order valence-electron chi connectivity index (χ4n) is 1.29. The molecule has 0 atom stereocenters. The van der Waals surface area contributed by atoms with Crippen molar-refractivity contribution in [3.05, 3.63) is 34.6 Å². The van der Waals surface area contributed by atoms with Crippen molar-refractivity contribution in [2.45, 2.75) is 25.8 Å². The molecule has 2 N–H and O–H groups in total. The maximum atomic E-state index is 12.9. The Kier molecular flexibility index (Phi) is 4.48. The molecule has 5 heteroatoms. The lowest BCUT2D eigenvalue weighted by Gasteiger charge is -2.20. The van der Waals surface area contributed by atoms with Crippen molar-refractivity contribution < 1.29 is 14.3 Å². The first-order valence-electron chi connectivity index (χ1n) is 5.25. The summed E-state index contributed by atoms with van der Waals surface area (Å²) in [6.07, 6.45) is 0.594. The van der Waals surface area contributed by atoms with Crippen molar-refractivity contribution >= 4 is 17.6 Å². The molecular weight excluding hydrogens is 245 g/mol. The van der Waals surface area contributed by atoms with E-state index in [-0.39, 0.29) is 5.02 Å². The van der Waals surface area contributed by atoms with Gasteiger partial charge >= 0.3 is 5.97 Å². The second kappa shape index (κ2) is 5.47. The van der Waals surface area contributed by atoms with E-state index < -0.39 is 17.3 Å². The van der Waals surface area contributed by atoms with E-state index in [1.165, 1.54) is 6.07 Å². The summed E-state index contributed by atoms with van der Waals surface area (Å²) in [7, 11) is 0. The number of nitrogens with one attached hydrogen (secondary N) is 1. The largest absolute Gasteiger partial charge is 0.480 e. The molecule has 94 valence electrons. The molecule has 0 saturated heterocycles. The lowest BCUT2D eigenvalue weighted by Crippen LogP contribution is -2.47. The summed E-state index contributed by atoms with van der Waals surface area (Å²) in [5, 5.41) is 11.9. The monoisotopic (exact) mass is 259 g/mol. The van der Waals surface area contributed by atoms with E-state index in [0.29, 0.717) is 13.0 Å². The van der Waals surface area contributed by atoms with Crippen LogP contribution in [0.5, 0.6) is 0 Å². The molecule has 1 rings (SSSR count). The van der Waals surface area contributed by atoms with Crippen molar-refractivity contribution in [2.24, 2.45) is 0 Å². The predicted molar refractivity (Wildman–Crippen MR) is 64.8 cm³/mol. The summed E-state index contributed by atoms with van der Waals surface area (Å²) < 4.78 is 12.9. The van der Waals surface area contributed by atoms with E-state index in [1.54, 1.807) is 26.0 Å². The zero-order chi connectivity index (χ0) is 13.1. The fraction of sp³-hybridized carbons (Fsp3) is 0.417. The third kappa shape index (κ3) is 3.98. The van der Waals surface area contributed by atoms with E-state index >= 15 is 0 Å².